The predicted octanol–water partition coefficient (Wildman–Crippen LogP) is 4.35. The van der Waals surface area contributed by atoms with Crippen molar-refractivity contribution in [2.75, 3.05) is 7.11 Å². The number of hydrogen-bond donors (Lipinski definition) is 1. The lowest BCUT2D eigenvalue weighted by Gasteiger charge is -2.07. The highest BCUT2D eigenvalue weighted by Gasteiger charge is 2.16. The van der Waals surface area contributed by atoms with E-state index >= 15 is 0 Å². The van der Waals surface area contributed by atoms with Gasteiger partial charge in [0, 0.05) is 10.9 Å². The largest absolute Gasteiger partial charge is 0.496 e. The molecular weight excluding hydrogens is 262 g/mol. The third-order valence-electron chi connectivity index (χ3n) is 3.74. The molecule has 0 saturated carbocycles. The second-order valence-electron chi connectivity index (χ2n) is 5.16. The van der Waals surface area contributed by atoms with Crippen molar-refractivity contribution in [1.29, 1.82) is 0 Å². The second kappa shape index (κ2) is 5.09. The number of para-hydroxylation sites is 1. The molecule has 2 aromatic carbocycles. The number of aromatic nitrogens is 1. The topological polar surface area (TPSA) is 42.1 Å². The molecule has 0 unspecified atom stereocenters. The van der Waals surface area contributed by atoms with Crippen LogP contribution in [0.2, 0.25) is 0 Å². The Balaban J connectivity index is 2.27. The van der Waals surface area contributed by atoms with E-state index in [-0.39, 0.29) is 5.78 Å². The second-order valence-corrected chi connectivity index (χ2v) is 5.16. The Morgan fingerprint density at radius 1 is 1.14 bits per heavy atom. The molecule has 0 saturated heterocycles. The number of carbonyl (C=O) groups is 1. The molecule has 0 fully saturated rings. The molecule has 0 bridgehead atoms. The normalized spacial score (nSPS) is 10.8. The minimum atomic E-state index is 0.0657. The Morgan fingerprint density at radius 3 is 2.57 bits per heavy atom. The van der Waals surface area contributed by atoms with Gasteiger partial charge in [0.25, 0.3) is 0 Å². The Hall–Kier alpha value is -2.55. The van der Waals surface area contributed by atoms with E-state index in [2.05, 4.69) is 4.98 Å². The van der Waals surface area contributed by atoms with E-state index in [1.165, 1.54) is 0 Å². The summed E-state index contributed by atoms with van der Waals surface area (Å²) in [5.41, 5.74) is 4.63. The summed E-state index contributed by atoms with van der Waals surface area (Å²) in [5.74, 6) is 0.912. The molecule has 0 spiro atoms. The maximum atomic E-state index is 12.1. The highest BCUT2D eigenvalue weighted by molar-refractivity contribution is 6.12. The van der Waals surface area contributed by atoms with Gasteiger partial charge in [-0.3, -0.25) is 4.79 Å². The first kappa shape index (κ1) is 13.4. The summed E-state index contributed by atoms with van der Waals surface area (Å²) in [4.78, 5) is 15.4. The number of Topliss-reactive ketones (excluding diaryl/α,β-unsaturated/α-hetero) is 1. The minimum Gasteiger partial charge on any atom is -0.496 e. The van der Waals surface area contributed by atoms with Crippen molar-refractivity contribution in [3.8, 4) is 17.0 Å². The van der Waals surface area contributed by atoms with Crippen LogP contribution in [0.1, 0.15) is 22.8 Å². The third kappa shape index (κ3) is 2.21. The number of H-pyrrole nitrogens is 1. The highest BCUT2D eigenvalue weighted by Crippen LogP contribution is 2.32. The summed E-state index contributed by atoms with van der Waals surface area (Å²) in [7, 11) is 1.66. The van der Waals surface area contributed by atoms with Crippen LogP contribution in [0.3, 0.4) is 0 Å². The van der Waals surface area contributed by atoms with Gasteiger partial charge in [0.1, 0.15) is 5.75 Å². The van der Waals surface area contributed by atoms with Crippen molar-refractivity contribution in [2.24, 2.45) is 0 Å². The first-order valence-electron chi connectivity index (χ1n) is 6.88. The average Bonchev–Trinajstić information content (AvgIpc) is 2.86. The lowest BCUT2D eigenvalue weighted by Crippen LogP contribution is -1.95. The van der Waals surface area contributed by atoms with Gasteiger partial charge in [-0.15, -0.1) is 0 Å². The van der Waals surface area contributed by atoms with Crippen LogP contribution in [0.4, 0.5) is 0 Å². The summed E-state index contributed by atoms with van der Waals surface area (Å²) < 4.78 is 5.30. The van der Waals surface area contributed by atoms with Crippen molar-refractivity contribution in [3.05, 3.63) is 53.6 Å². The molecule has 0 amide bonds. The van der Waals surface area contributed by atoms with Gasteiger partial charge in [-0.05, 0) is 49.2 Å². The zero-order valence-electron chi connectivity index (χ0n) is 12.4. The number of methoxy groups -OCH3 is 1. The average molecular weight is 279 g/mol. The van der Waals surface area contributed by atoms with E-state index < -0.39 is 0 Å². The van der Waals surface area contributed by atoms with Crippen LogP contribution >= 0.6 is 0 Å². The fourth-order valence-electron chi connectivity index (χ4n) is 2.76. The fourth-order valence-corrected chi connectivity index (χ4v) is 2.76. The van der Waals surface area contributed by atoms with E-state index in [1.807, 2.05) is 49.4 Å². The van der Waals surface area contributed by atoms with Gasteiger partial charge in [0.2, 0.25) is 0 Å². The number of ether oxygens (including phenoxy) is 1. The van der Waals surface area contributed by atoms with Crippen molar-refractivity contribution < 1.29 is 9.53 Å². The molecule has 3 nitrogen and oxygen atoms in total. The molecule has 0 atom stereocenters. The SMILES string of the molecule is COc1ccc(-c2[nH]c3ccccc3c2C(C)=O)cc1C. The van der Waals surface area contributed by atoms with Gasteiger partial charge in [-0.25, -0.2) is 0 Å². The first-order valence-corrected chi connectivity index (χ1v) is 6.88. The van der Waals surface area contributed by atoms with Crippen LogP contribution < -0.4 is 4.74 Å². The van der Waals surface area contributed by atoms with Gasteiger partial charge in [0.05, 0.1) is 18.4 Å². The highest BCUT2D eigenvalue weighted by atomic mass is 16.5. The molecule has 1 N–H and O–H groups in total. The molecule has 1 aromatic heterocycles. The molecule has 0 aliphatic carbocycles. The smallest absolute Gasteiger partial charge is 0.162 e. The summed E-state index contributed by atoms with van der Waals surface area (Å²) >= 11 is 0. The Bertz CT molecular complexity index is 830. The summed E-state index contributed by atoms with van der Waals surface area (Å²) in [6.07, 6.45) is 0. The molecule has 0 aliphatic rings. The zero-order chi connectivity index (χ0) is 15.0. The van der Waals surface area contributed by atoms with E-state index in [1.54, 1.807) is 14.0 Å². The molecule has 0 radical (unpaired) electrons. The van der Waals surface area contributed by atoms with Crippen molar-refractivity contribution in [1.82, 2.24) is 4.98 Å². The summed E-state index contributed by atoms with van der Waals surface area (Å²) in [6.45, 7) is 3.61. The van der Waals surface area contributed by atoms with Crippen molar-refractivity contribution in [3.63, 3.8) is 0 Å². The molecule has 3 aromatic rings. The first-order chi connectivity index (χ1) is 10.1. The number of benzene rings is 2. The van der Waals surface area contributed by atoms with Crippen LogP contribution in [0.15, 0.2) is 42.5 Å². The molecule has 106 valence electrons. The number of nitrogens with one attached hydrogen (secondary N) is 1. The van der Waals surface area contributed by atoms with E-state index in [0.29, 0.717) is 0 Å². The lowest BCUT2D eigenvalue weighted by molar-refractivity contribution is 0.102. The van der Waals surface area contributed by atoms with Crippen molar-refractivity contribution >= 4 is 16.7 Å². The van der Waals surface area contributed by atoms with Crippen LogP contribution in [0.5, 0.6) is 5.75 Å². The molecule has 21 heavy (non-hydrogen) atoms. The zero-order valence-corrected chi connectivity index (χ0v) is 12.4. The molecule has 0 aliphatic heterocycles. The Kier molecular flexibility index (Phi) is 3.26. The summed E-state index contributed by atoms with van der Waals surface area (Å²) in [5, 5.41) is 0.966. The predicted molar refractivity (Wildman–Crippen MR) is 85.0 cm³/mol. The minimum absolute atomic E-state index is 0.0657. The van der Waals surface area contributed by atoms with Crippen LogP contribution in [-0.4, -0.2) is 17.9 Å². The molecule has 3 heteroatoms. The molecule has 1 heterocycles. The quantitative estimate of drug-likeness (QED) is 0.724. The van der Waals surface area contributed by atoms with Gasteiger partial charge in [-0.2, -0.15) is 0 Å². The number of rotatable bonds is 3. The number of ketones is 1. The van der Waals surface area contributed by atoms with Gasteiger partial charge < -0.3 is 9.72 Å². The van der Waals surface area contributed by atoms with E-state index in [9.17, 15) is 4.79 Å². The van der Waals surface area contributed by atoms with Crippen LogP contribution in [-0.2, 0) is 0 Å². The lowest BCUT2D eigenvalue weighted by atomic mass is 10.0. The summed E-state index contributed by atoms with van der Waals surface area (Å²) in [6, 6.07) is 13.8. The van der Waals surface area contributed by atoms with Crippen molar-refractivity contribution in [2.45, 2.75) is 13.8 Å². The van der Waals surface area contributed by atoms with Gasteiger partial charge in [-0.1, -0.05) is 18.2 Å². The maximum absolute atomic E-state index is 12.1. The van der Waals surface area contributed by atoms with Gasteiger partial charge in [0.15, 0.2) is 5.78 Å². The Labute approximate surface area is 123 Å². The number of aromatic amines is 1. The van der Waals surface area contributed by atoms with E-state index in [0.717, 1.165) is 39.0 Å². The molecule has 3 rings (SSSR count). The molecular formula is C18H17NO2. The standard InChI is InChI=1S/C18H17NO2/c1-11-10-13(8-9-16(11)21-3)18-17(12(2)20)14-6-4-5-7-15(14)19-18/h4-10,19H,1-3H3. The van der Waals surface area contributed by atoms with Crippen LogP contribution in [0.25, 0.3) is 22.2 Å². The number of aryl methyl sites for hydroxylation is 1. The van der Waals surface area contributed by atoms with E-state index in [4.69, 9.17) is 4.74 Å². The number of carbonyl (C=O) groups excluding carboxylic acids is 1. The monoisotopic (exact) mass is 279 g/mol. The Morgan fingerprint density at radius 2 is 1.90 bits per heavy atom. The van der Waals surface area contributed by atoms with Crippen LogP contribution in [0, 0.1) is 6.92 Å². The number of fused-ring (bicyclic) bond motifs is 1. The third-order valence-corrected chi connectivity index (χ3v) is 3.74. The maximum Gasteiger partial charge on any atom is 0.162 e. The number of hydrogen-bond acceptors (Lipinski definition) is 2. The van der Waals surface area contributed by atoms with Gasteiger partial charge >= 0.3 is 0 Å². The fraction of sp³-hybridized carbons (Fsp3) is 0.167.